The van der Waals surface area contributed by atoms with E-state index in [4.69, 9.17) is 5.11 Å². The van der Waals surface area contributed by atoms with E-state index in [0.717, 1.165) is 31.6 Å². The molecule has 0 spiro atoms. The first-order chi connectivity index (χ1) is 11.8. The molecule has 0 atom stereocenters. The largest absolute Gasteiger partial charge is 0.481 e. The van der Waals surface area contributed by atoms with Crippen LogP contribution in [0, 0.1) is 5.92 Å². The molecule has 5 heteroatoms. The lowest BCUT2D eigenvalue weighted by molar-refractivity contribution is -0.137. The molecule has 0 saturated heterocycles. The van der Waals surface area contributed by atoms with Crippen LogP contribution in [0.25, 0.3) is 0 Å². The number of carboxylic acids is 1. The highest BCUT2D eigenvalue weighted by molar-refractivity contribution is 5.75. The molecule has 0 radical (unpaired) electrons. The fourth-order valence-electron chi connectivity index (χ4n) is 2.36. The second-order valence-electron chi connectivity index (χ2n) is 7.35. The van der Waals surface area contributed by atoms with E-state index in [-0.39, 0.29) is 12.3 Å². The molecule has 0 saturated carbocycles. The summed E-state index contributed by atoms with van der Waals surface area (Å²) in [6.07, 6.45) is 9.07. The molecule has 0 bridgehead atoms. The van der Waals surface area contributed by atoms with Crippen molar-refractivity contribution in [3.8, 4) is 0 Å². The second kappa shape index (κ2) is 19.2. The maximum atomic E-state index is 11.5. The zero-order valence-corrected chi connectivity index (χ0v) is 17.3. The first kappa shape index (κ1) is 26.1. The van der Waals surface area contributed by atoms with Gasteiger partial charge in [0.15, 0.2) is 0 Å². The molecule has 0 aromatic carbocycles. The van der Waals surface area contributed by atoms with Gasteiger partial charge in [-0.1, -0.05) is 46.5 Å². The number of carbonyl (C=O) groups excluding carboxylic acids is 1. The number of carbonyl (C=O) groups is 2. The molecule has 150 valence electrons. The van der Waals surface area contributed by atoms with Crippen LogP contribution in [0.3, 0.4) is 0 Å². The van der Waals surface area contributed by atoms with E-state index in [1.54, 1.807) is 0 Å². The van der Waals surface area contributed by atoms with Crippen LogP contribution in [0.5, 0.6) is 0 Å². The minimum Gasteiger partial charge on any atom is -0.481 e. The third-order valence-corrected chi connectivity index (χ3v) is 3.75. The zero-order valence-electron chi connectivity index (χ0n) is 17.3. The lowest BCUT2D eigenvalue weighted by atomic mass is 10.0. The summed E-state index contributed by atoms with van der Waals surface area (Å²) < 4.78 is 0. The van der Waals surface area contributed by atoms with Crippen molar-refractivity contribution in [1.82, 2.24) is 10.2 Å². The van der Waals surface area contributed by atoms with Crippen LogP contribution in [0.1, 0.15) is 85.0 Å². The Balaban J connectivity index is 0. The minimum absolute atomic E-state index is 0.128. The highest BCUT2D eigenvalue weighted by atomic mass is 16.4. The summed E-state index contributed by atoms with van der Waals surface area (Å²) in [4.78, 5) is 23.9. The van der Waals surface area contributed by atoms with Gasteiger partial charge in [-0.3, -0.25) is 9.59 Å². The third-order valence-electron chi connectivity index (χ3n) is 3.75. The van der Waals surface area contributed by atoms with Gasteiger partial charge >= 0.3 is 5.97 Å². The molecule has 5 nitrogen and oxygen atoms in total. The topological polar surface area (TPSA) is 69.6 Å². The van der Waals surface area contributed by atoms with Crippen LogP contribution in [0.2, 0.25) is 0 Å². The van der Waals surface area contributed by atoms with Gasteiger partial charge < -0.3 is 15.3 Å². The average Bonchev–Trinajstić information content (AvgIpc) is 2.50. The van der Waals surface area contributed by atoms with Crippen molar-refractivity contribution in [2.75, 3.05) is 27.2 Å². The van der Waals surface area contributed by atoms with Crippen molar-refractivity contribution in [1.29, 1.82) is 0 Å². The van der Waals surface area contributed by atoms with E-state index in [9.17, 15) is 9.59 Å². The van der Waals surface area contributed by atoms with Crippen LogP contribution in [-0.2, 0) is 9.59 Å². The van der Waals surface area contributed by atoms with Gasteiger partial charge in [0, 0.05) is 19.4 Å². The molecule has 0 aromatic rings. The summed E-state index contributed by atoms with van der Waals surface area (Å²) in [5.74, 6) is 0.132. The van der Waals surface area contributed by atoms with E-state index >= 15 is 0 Å². The number of nitrogens with one attached hydrogen (secondary N) is 1. The van der Waals surface area contributed by atoms with E-state index in [1.165, 1.54) is 25.8 Å². The van der Waals surface area contributed by atoms with Gasteiger partial charge in [0.25, 0.3) is 0 Å². The Morgan fingerprint density at radius 3 is 2.04 bits per heavy atom. The Hall–Kier alpha value is -1.10. The summed E-state index contributed by atoms with van der Waals surface area (Å²) in [7, 11) is 4.17. The molecular weight excluding hydrogens is 316 g/mol. The Labute approximate surface area is 155 Å². The number of nitrogens with zero attached hydrogens (tertiary/aromatic N) is 1. The molecule has 2 N–H and O–H groups in total. The fourth-order valence-corrected chi connectivity index (χ4v) is 2.36. The normalized spacial score (nSPS) is 10.5. The second-order valence-corrected chi connectivity index (χ2v) is 7.35. The molecule has 0 aliphatic rings. The van der Waals surface area contributed by atoms with Gasteiger partial charge in [0.05, 0.1) is 0 Å². The maximum absolute atomic E-state index is 11.5. The predicted octanol–water partition coefficient (Wildman–Crippen LogP) is 4.31. The molecule has 0 heterocycles. The Morgan fingerprint density at radius 1 is 0.960 bits per heavy atom. The first-order valence-electron chi connectivity index (χ1n) is 9.92. The molecule has 0 fully saturated rings. The molecular formula is C20H42N2O3. The number of amides is 1. The fraction of sp³-hybridized carbons (Fsp3) is 0.900. The SMILES string of the molecule is CC(C)CCCCCC(=O)NCCCCCC(=O)O.CCCN(C)C. The maximum Gasteiger partial charge on any atom is 0.303 e. The van der Waals surface area contributed by atoms with Crippen LogP contribution in [0.15, 0.2) is 0 Å². The number of unbranched alkanes of at least 4 members (excludes halogenated alkanes) is 4. The number of aliphatic carboxylic acids is 1. The van der Waals surface area contributed by atoms with Crippen LogP contribution >= 0.6 is 0 Å². The van der Waals surface area contributed by atoms with Gasteiger partial charge in [0.2, 0.25) is 5.91 Å². The highest BCUT2D eigenvalue weighted by Crippen LogP contribution is 2.09. The van der Waals surface area contributed by atoms with Gasteiger partial charge in [-0.25, -0.2) is 0 Å². The Bertz CT molecular complexity index is 318. The van der Waals surface area contributed by atoms with Crippen molar-refractivity contribution in [3.05, 3.63) is 0 Å². The predicted molar refractivity (Wildman–Crippen MR) is 106 cm³/mol. The lowest BCUT2D eigenvalue weighted by Gasteiger charge is -2.06. The molecule has 0 aliphatic carbocycles. The van der Waals surface area contributed by atoms with E-state index < -0.39 is 5.97 Å². The standard InChI is InChI=1S/C15H29NO3.C5H13N/c1-13(2)9-5-3-6-10-14(17)16-12-8-4-7-11-15(18)19;1-4-5-6(2)3/h13H,3-12H2,1-2H3,(H,16,17)(H,18,19);4-5H2,1-3H3. The van der Waals surface area contributed by atoms with E-state index in [1.807, 2.05) is 0 Å². The number of hydrogen-bond donors (Lipinski definition) is 2. The zero-order chi connectivity index (χ0) is 19.5. The summed E-state index contributed by atoms with van der Waals surface area (Å²) in [6, 6.07) is 0. The molecule has 25 heavy (non-hydrogen) atoms. The van der Waals surface area contributed by atoms with Gasteiger partial charge in [-0.05, 0) is 52.2 Å². The summed E-state index contributed by atoms with van der Waals surface area (Å²) in [5.41, 5.74) is 0. The number of hydrogen-bond acceptors (Lipinski definition) is 3. The third kappa shape index (κ3) is 28.0. The van der Waals surface area contributed by atoms with Gasteiger partial charge in [0.1, 0.15) is 0 Å². The molecule has 0 unspecified atom stereocenters. The van der Waals surface area contributed by atoms with Crippen molar-refractivity contribution in [3.63, 3.8) is 0 Å². The highest BCUT2D eigenvalue weighted by Gasteiger charge is 2.01. The smallest absolute Gasteiger partial charge is 0.303 e. The summed E-state index contributed by atoms with van der Waals surface area (Å²) in [5, 5.41) is 11.3. The van der Waals surface area contributed by atoms with Gasteiger partial charge in [-0.2, -0.15) is 0 Å². The van der Waals surface area contributed by atoms with Crippen LogP contribution in [0.4, 0.5) is 0 Å². The average molecular weight is 359 g/mol. The molecule has 0 aliphatic heterocycles. The summed E-state index contributed by atoms with van der Waals surface area (Å²) in [6.45, 7) is 8.50. The van der Waals surface area contributed by atoms with E-state index in [0.29, 0.717) is 19.4 Å². The van der Waals surface area contributed by atoms with Crippen molar-refractivity contribution < 1.29 is 14.7 Å². The molecule has 0 aromatic heterocycles. The Kier molecular flexibility index (Phi) is 20.1. The molecule has 1 amide bonds. The number of rotatable bonds is 14. The monoisotopic (exact) mass is 358 g/mol. The van der Waals surface area contributed by atoms with Crippen LogP contribution in [-0.4, -0.2) is 49.1 Å². The van der Waals surface area contributed by atoms with Crippen LogP contribution < -0.4 is 5.32 Å². The molecule has 0 rings (SSSR count). The van der Waals surface area contributed by atoms with E-state index in [2.05, 4.69) is 45.1 Å². The quantitative estimate of drug-likeness (QED) is 0.454. The minimum atomic E-state index is -0.745. The lowest BCUT2D eigenvalue weighted by Crippen LogP contribution is -2.24. The summed E-state index contributed by atoms with van der Waals surface area (Å²) >= 11 is 0. The van der Waals surface area contributed by atoms with Crippen molar-refractivity contribution >= 4 is 11.9 Å². The van der Waals surface area contributed by atoms with Gasteiger partial charge in [-0.15, -0.1) is 0 Å². The van der Waals surface area contributed by atoms with Crippen molar-refractivity contribution in [2.24, 2.45) is 5.92 Å². The number of carboxylic acid groups (broad SMARTS) is 1. The van der Waals surface area contributed by atoms with Crippen molar-refractivity contribution in [2.45, 2.75) is 85.0 Å². The first-order valence-corrected chi connectivity index (χ1v) is 9.92. The Morgan fingerprint density at radius 2 is 1.56 bits per heavy atom.